The maximum absolute atomic E-state index is 12.5. The van der Waals surface area contributed by atoms with Gasteiger partial charge in [0.2, 0.25) is 0 Å². The summed E-state index contributed by atoms with van der Waals surface area (Å²) in [5, 5.41) is 19.1. The highest BCUT2D eigenvalue weighted by molar-refractivity contribution is 9.11. The summed E-state index contributed by atoms with van der Waals surface area (Å²) in [6.07, 6.45) is 0.541. The smallest absolute Gasteiger partial charge is 0.305 e. The SMILES string of the molecule is Br.Br.N=C(N)c1ccc(-c2nc3cc(C(=O)NCCC(=O)O)ccc3n2CCc2cc(Br)c(N)c(Br)c2)cc1. The predicted octanol–water partition coefficient (Wildman–Crippen LogP) is 5.70. The number of carbonyl (C=O) groups excluding carboxylic acids is 1. The van der Waals surface area contributed by atoms with Gasteiger partial charge < -0.3 is 26.5 Å². The van der Waals surface area contributed by atoms with Crippen LogP contribution in [0.1, 0.15) is 27.9 Å². The maximum atomic E-state index is 12.5. The van der Waals surface area contributed by atoms with E-state index in [-0.39, 0.29) is 58.7 Å². The minimum absolute atomic E-state index is 0. The molecule has 0 bridgehead atoms. The lowest BCUT2D eigenvalue weighted by atomic mass is 10.1. The molecule has 0 atom stereocenters. The number of imidazole rings is 1. The van der Waals surface area contributed by atoms with Gasteiger partial charge in [-0.1, -0.05) is 24.3 Å². The number of benzene rings is 3. The Morgan fingerprint density at radius 3 is 2.21 bits per heavy atom. The van der Waals surface area contributed by atoms with Crippen molar-refractivity contribution in [2.45, 2.75) is 19.4 Å². The second-order valence-electron chi connectivity index (χ2n) is 8.40. The third-order valence-corrected chi connectivity index (χ3v) is 7.16. The van der Waals surface area contributed by atoms with Crippen LogP contribution in [-0.4, -0.2) is 38.9 Å². The second kappa shape index (κ2) is 14.1. The van der Waals surface area contributed by atoms with Crippen LogP contribution in [0.3, 0.4) is 0 Å². The van der Waals surface area contributed by atoms with Crippen molar-refractivity contribution in [2.75, 3.05) is 12.3 Å². The molecule has 1 heterocycles. The van der Waals surface area contributed by atoms with Crippen LogP contribution in [0, 0.1) is 5.41 Å². The number of aromatic nitrogens is 2. The Balaban J connectivity index is 0.00000267. The minimum Gasteiger partial charge on any atom is -0.481 e. The number of aryl methyl sites for hydroxylation is 2. The fraction of sp³-hybridized carbons (Fsp3) is 0.154. The molecule has 206 valence electrons. The number of hydrogen-bond donors (Lipinski definition) is 5. The van der Waals surface area contributed by atoms with Crippen LogP contribution in [0.15, 0.2) is 63.5 Å². The van der Waals surface area contributed by atoms with Crippen molar-refractivity contribution in [3.8, 4) is 11.4 Å². The predicted molar refractivity (Wildman–Crippen MR) is 171 cm³/mol. The van der Waals surface area contributed by atoms with Crippen LogP contribution < -0.4 is 16.8 Å². The summed E-state index contributed by atoms with van der Waals surface area (Å²) in [6, 6.07) is 16.5. The number of carboxylic acids is 1. The van der Waals surface area contributed by atoms with Gasteiger partial charge >= 0.3 is 5.97 Å². The van der Waals surface area contributed by atoms with Gasteiger partial charge in [-0.05, 0) is 74.2 Å². The molecule has 1 amide bonds. The van der Waals surface area contributed by atoms with E-state index < -0.39 is 5.97 Å². The fourth-order valence-corrected chi connectivity index (χ4v) is 5.20. The van der Waals surface area contributed by atoms with E-state index in [1.54, 1.807) is 24.3 Å². The molecule has 39 heavy (non-hydrogen) atoms. The zero-order valence-corrected chi connectivity index (χ0v) is 27.0. The summed E-state index contributed by atoms with van der Waals surface area (Å²) in [6.45, 7) is 0.647. The Labute approximate surface area is 262 Å². The van der Waals surface area contributed by atoms with Gasteiger partial charge in [-0.3, -0.25) is 15.0 Å². The van der Waals surface area contributed by atoms with Crippen molar-refractivity contribution in [3.63, 3.8) is 0 Å². The lowest BCUT2D eigenvalue weighted by molar-refractivity contribution is -0.136. The van der Waals surface area contributed by atoms with Crippen molar-refractivity contribution >= 4 is 100 Å². The van der Waals surface area contributed by atoms with Gasteiger partial charge in [-0.25, -0.2) is 4.98 Å². The molecule has 7 N–H and O–H groups in total. The van der Waals surface area contributed by atoms with E-state index in [9.17, 15) is 9.59 Å². The number of nitrogen functional groups attached to an aromatic ring is 2. The Kier molecular flexibility index (Phi) is 11.7. The summed E-state index contributed by atoms with van der Waals surface area (Å²) in [4.78, 5) is 28.1. The van der Waals surface area contributed by atoms with E-state index in [2.05, 4.69) is 41.7 Å². The quantitative estimate of drug-likeness (QED) is 0.0832. The molecule has 0 spiro atoms. The standard InChI is InChI=1S/C26H24Br2N6O3.2BrH/c27-18-11-14(12-19(28)23(18)29)8-10-34-21-6-5-17(26(37)32-9-7-22(35)36)13-20(21)33-25(34)16-3-1-15(2-4-16)24(30)31;;/h1-6,11-13H,7-10,29H2,(H3,30,31)(H,32,37)(H,35,36);2*1H. The Hall–Kier alpha value is -2.74. The van der Waals surface area contributed by atoms with Gasteiger partial charge in [0.1, 0.15) is 11.7 Å². The summed E-state index contributed by atoms with van der Waals surface area (Å²) in [5.74, 6) is -0.642. The second-order valence-corrected chi connectivity index (χ2v) is 10.1. The average molecular weight is 790 g/mol. The molecule has 4 rings (SSSR count). The molecule has 4 aromatic rings. The van der Waals surface area contributed by atoms with E-state index in [4.69, 9.17) is 27.0 Å². The van der Waals surface area contributed by atoms with E-state index in [1.165, 1.54) is 0 Å². The van der Waals surface area contributed by atoms with Crippen LogP contribution in [0.25, 0.3) is 22.4 Å². The van der Waals surface area contributed by atoms with Gasteiger partial charge in [0.25, 0.3) is 5.91 Å². The maximum Gasteiger partial charge on any atom is 0.305 e. The number of fused-ring (bicyclic) bond motifs is 1. The first-order valence-electron chi connectivity index (χ1n) is 11.3. The highest BCUT2D eigenvalue weighted by atomic mass is 79.9. The molecule has 0 aliphatic carbocycles. The van der Waals surface area contributed by atoms with Crippen LogP contribution in [0.4, 0.5) is 5.69 Å². The summed E-state index contributed by atoms with van der Waals surface area (Å²) in [7, 11) is 0. The van der Waals surface area contributed by atoms with Crippen molar-refractivity contribution < 1.29 is 14.7 Å². The van der Waals surface area contributed by atoms with Crippen molar-refractivity contribution in [3.05, 3.63) is 80.2 Å². The average Bonchev–Trinajstić information content (AvgIpc) is 3.23. The number of nitrogens with one attached hydrogen (secondary N) is 2. The highest BCUT2D eigenvalue weighted by Gasteiger charge is 2.16. The number of amidine groups is 1. The molecule has 13 heteroatoms. The molecule has 0 radical (unpaired) electrons. The number of nitrogens with two attached hydrogens (primary N) is 2. The molecule has 0 unspecified atom stereocenters. The largest absolute Gasteiger partial charge is 0.481 e. The summed E-state index contributed by atoms with van der Waals surface area (Å²) < 4.78 is 3.71. The third kappa shape index (κ3) is 7.68. The molecule has 3 aromatic carbocycles. The number of halogens is 4. The van der Waals surface area contributed by atoms with E-state index >= 15 is 0 Å². The number of nitrogens with zero attached hydrogens (tertiary/aromatic N) is 2. The van der Waals surface area contributed by atoms with Gasteiger partial charge in [-0.15, -0.1) is 34.0 Å². The number of aliphatic carboxylic acids is 1. The number of carbonyl (C=O) groups is 2. The van der Waals surface area contributed by atoms with Crippen molar-refractivity contribution in [1.29, 1.82) is 5.41 Å². The Bertz CT molecular complexity index is 1500. The van der Waals surface area contributed by atoms with E-state index in [0.717, 1.165) is 25.6 Å². The van der Waals surface area contributed by atoms with Gasteiger partial charge in [0, 0.05) is 38.7 Å². The first kappa shape index (κ1) is 32.5. The zero-order valence-electron chi connectivity index (χ0n) is 20.4. The number of carboxylic acid groups (broad SMARTS) is 1. The summed E-state index contributed by atoms with van der Waals surface area (Å²) >= 11 is 7.00. The Morgan fingerprint density at radius 2 is 1.62 bits per heavy atom. The summed E-state index contributed by atoms with van der Waals surface area (Å²) in [5.41, 5.74) is 16.7. The lowest BCUT2D eigenvalue weighted by Gasteiger charge is -2.12. The van der Waals surface area contributed by atoms with Gasteiger partial charge in [-0.2, -0.15) is 0 Å². The van der Waals surface area contributed by atoms with Crippen LogP contribution in [0.5, 0.6) is 0 Å². The van der Waals surface area contributed by atoms with E-state index in [0.29, 0.717) is 41.1 Å². The molecular weight excluding hydrogens is 764 g/mol. The minimum atomic E-state index is -0.977. The number of hydrogen-bond acceptors (Lipinski definition) is 5. The normalized spacial score (nSPS) is 10.4. The van der Waals surface area contributed by atoms with E-state index in [1.807, 2.05) is 30.3 Å². The number of anilines is 1. The van der Waals surface area contributed by atoms with Gasteiger partial charge in [0.15, 0.2) is 0 Å². The third-order valence-electron chi connectivity index (χ3n) is 5.85. The first-order valence-corrected chi connectivity index (χ1v) is 12.9. The molecular formula is C26H26Br4N6O3. The first-order chi connectivity index (χ1) is 17.6. The fourth-order valence-electron chi connectivity index (χ4n) is 3.92. The molecule has 9 nitrogen and oxygen atoms in total. The monoisotopic (exact) mass is 786 g/mol. The number of rotatable bonds is 9. The number of amides is 1. The highest BCUT2D eigenvalue weighted by Crippen LogP contribution is 2.31. The molecule has 1 aromatic heterocycles. The molecule has 0 aliphatic rings. The molecule has 0 aliphatic heterocycles. The van der Waals surface area contributed by atoms with Crippen LogP contribution in [-0.2, 0) is 17.8 Å². The Morgan fingerprint density at radius 1 is 1.00 bits per heavy atom. The molecule has 0 saturated carbocycles. The van der Waals surface area contributed by atoms with Crippen molar-refractivity contribution in [1.82, 2.24) is 14.9 Å². The topological polar surface area (TPSA) is 160 Å². The molecule has 0 fully saturated rings. The van der Waals surface area contributed by atoms with Crippen molar-refractivity contribution in [2.24, 2.45) is 5.73 Å². The molecule has 0 saturated heterocycles. The van der Waals surface area contributed by atoms with Crippen LogP contribution >= 0.6 is 65.8 Å². The zero-order chi connectivity index (χ0) is 26.7. The van der Waals surface area contributed by atoms with Gasteiger partial charge in [0.05, 0.1) is 23.1 Å². The van der Waals surface area contributed by atoms with Crippen LogP contribution in [0.2, 0.25) is 0 Å². The lowest BCUT2D eigenvalue weighted by Crippen LogP contribution is -2.25.